The fraction of sp³-hybridized carbons (Fsp3) is 0.692. The van der Waals surface area contributed by atoms with Crippen LogP contribution < -0.4 is 10.6 Å². The minimum absolute atomic E-state index is 0.683. The fourth-order valence-electron chi connectivity index (χ4n) is 2.25. The molecule has 2 rings (SSSR count). The van der Waals surface area contributed by atoms with E-state index in [0.717, 1.165) is 31.9 Å². The van der Waals surface area contributed by atoms with Crippen molar-refractivity contribution in [3.8, 4) is 0 Å². The van der Waals surface area contributed by atoms with E-state index < -0.39 is 0 Å². The number of rotatable bonds is 6. The second-order valence-corrected chi connectivity index (χ2v) is 4.87. The van der Waals surface area contributed by atoms with Crippen LogP contribution in [0.15, 0.2) is 22.8 Å². The van der Waals surface area contributed by atoms with Crippen molar-refractivity contribution in [1.82, 2.24) is 15.5 Å². The Morgan fingerprint density at radius 1 is 1.47 bits per heavy atom. The lowest BCUT2D eigenvalue weighted by molar-refractivity contribution is 0.209. The van der Waals surface area contributed by atoms with E-state index in [0.29, 0.717) is 5.92 Å². The zero-order valence-corrected chi connectivity index (χ0v) is 10.6. The predicted molar refractivity (Wildman–Crippen MR) is 68.9 cm³/mol. The molecule has 0 bridgehead atoms. The van der Waals surface area contributed by atoms with Gasteiger partial charge in [-0.25, -0.2) is 0 Å². The zero-order chi connectivity index (χ0) is 11.9. The van der Waals surface area contributed by atoms with Gasteiger partial charge in [0.1, 0.15) is 5.76 Å². The Hall–Kier alpha value is -0.840. The normalized spacial score (nSPS) is 19.4. The van der Waals surface area contributed by atoms with Crippen LogP contribution in [0.2, 0.25) is 0 Å². The molecule has 0 radical (unpaired) electrons. The van der Waals surface area contributed by atoms with E-state index in [4.69, 9.17) is 4.42 Å². The molecule has 17 heavy (non-hydrogen) atoms. The lowest BCUT2D eigenvalue weighted by atomic mass is 10.1. The molecule has 4 nitrogen and oxygen atoms in total. The van der Waals surface area contributed by atoms with E-state index in [1.807, 2.05) is 12.1 Å². The highest BCUT2D eigenvalue weighted by Gasteiger charge is 2.12. The number of nitrogens with zero attached hydrogens (tertiary/aromatic N) is 1. The molecule has 1 aromatic heterocycles. The molecule has 1 saturated heterocycles. The highest BCUT2D eigenvalue weighted by Crippen LogP contribution is 2.02. The Morgan fingerprint density at radius 2 is 2.29 bits per heavy atom. The van der Waals surface area contributed by atoms with Crippen molar-refractivity contribution in [1.29, 1.82) is 0 Å². The van der Waals surface area contributed by atoms with Gasteiger partial charge in [0, 0.05) is 32.7 Å². The van der Waals surface area contributed by atoms with Gasteiger partial charge >= 0.3 is 0 Å². The number of nitrogens with one attached hydrogen (secondary N) is 2. The number of hydrogen-bond acceptors (Lipinski definition) is 4. The van der Waals surface area contributed by atoms with Gasteiger partial charge in [0.15, 0.2) is 0 Å². The van der Waals surface area contributed by atoms with Gasteiger partial charge in [0.25, 0.3) is 0 Å². The minimum atomic E-state index is 0.683. The summed E-state index contributed by atoms with van der Waals surface area (Å²) in [6.45, 7) is 10.00. The van der Waals surface area contributed by atoms with E-state index in [1.54, 1.807) is 6.26 Å². The lowest BCUT2D eigenvalue weighted by Gasteiger charge is -2.29. The molecule has 0 aromatic carbocycles. The van der Waals surface area contributed by atoms with Crippen LogP contribution in [-0.4, -0.2) is 44.2 Å². The first-order chi connectivity index (χ1) is 8.34. The first-order valence-corrected chi connectivity index (χ1v) is 6.51. The Balaban J connectivity index is 1.58. The van der Waals surface area contributed by atoms with Gasteiger partial charge in [-0.05, 0) is 24.6 Å². The van der Waals surface area contributed by atoms with Gasteiger partial charge in [-0.3, -0.25) is 0 Å². The van der Waals surface area contributed by atoms with Crippen LogP contribution in [0.4, 0.5) is 0 Å². The molecule has 1 aliphatic rings. The second kappa shape index (κ2) is 6.79. The van der Waals surface area contributed by atoms with Gasteiger partial charge in [-0.2, -0.15) is 0 Å². The van der Waals surface area contributed by atoms with Crippen LogP contribution in [0, 0.1) is 5.92 Å². The standard InChI is InChI=1S/C13H23N3O/c1-12(11-16-6-4-14-5-7-16)9-15-10-13-3-2-8-17-13/h2-3,8,12,14-15H,4-7,9-11H2,1H3. The minimum Gasteiger partial charge on any atom is -0.468 e. The summed E-state index contributed by atoms with van der Waals surface area (Å²) >= 11 is 0. The maximum Gasteiger partial charge on any atom is 0.117 e. The third kappa shape index (κ3) is 4.50. The van der Waals surface area contributed by atoms with Crippen LogP contribution >= 0.6 is 0 Å². The molecule has 1 fully saturated rings. The topological polar surface area (TPSA) is 40.4 Å². The van der Waals surface area contributed by atoms with Crippen LogP contribution in [0.1, 0.15) is 12.7 Å². The van der Waals surface area contributed by atoms with E-state index >= 15 is 0 Å². The maximum absolute atomic E-state index is 5.28. The van der Waals surface area contributed by atoms with E-state index in [-0.39, 0.29) is 0 Å². The predicted octanol–water partition coefficient (Wildman–Crippen LogP) is 0.911. The Kier molecular flexibility index (Phi) is 5.04. The summed E-state index contributed by atoms with van der Waals surface area (Å²) in [7, 11) is 0. The summed E-state index contributed by atoms with van der Waals surface area (Å²) in [6, 6.07) is 3.94. The summed E-state index contributed by atoms with van der Waals surface area (Å²) in [5.41, 5.74) is 0. The van der Waals surface area contributed by atoms with Gasteiger partial charge in [0.2, 0.25) is 0 Å². The molecule has 1 aliphatic heterocycles. The first-order valence-electron chi connectivity index (χ1n) is 6.51. The lowest BCUT2D eigenvalue weighted by Crippen LogP contribution is -2.45. The second-order valence-electron chi connectivity index (χ2n) is 4.87. The molecule has 4 heteroatoms. The van der Waals surface area contributed by atoms with Crippen LogP contribution in [0.25, 0.3) is 0 Å². The van der Waals surface area contributed by atoms with E-state index in [9.17, 15) is 0 Å². The molecular formula is C13H23N3O. The number of hydrogen-bond donors (Lipinski definition) is 2. The highest BCUT2D eigenvalue weighted by molar-refractivity contribution is 4.97. The SMILES string of the molecule is CC(CNCc1ccco1)CN1CCNCC1. The average molecular weight is 237 g/mol. The van der Waals surface area contributed by atoms with Gasteiger partial charge < -0.3 is 20.0 Å². The molecule has 1 unspecified atom stereocenters. The Bertz CT molecular complexity index is 294. The summed E-state index contributed by atoms with van der Waals surface area (Å²) in [5.74, 6) is 1.70. The molecule has 2 N–H and O–H groups in total. The molecule has 0 aliphatic carbocycles. The van der Waals surface area contributed by atoms with Crippen molar-refractivity contribution in [3.05, 3.63) is 24.2 Å². The highest BCUT2D eigenvalue weighted by atomic mass is 16.3. The quantitative estimate of drug-likeness (QED) is 0.771. The molecule has 1 atom stereocenters. The molecule has 96 valence electrons. The molecule has 0 saturated carbocycles. The van der Waals surface area contributed by atoms with Gasteiger partial charge in [-0.15, -0.1) is 0 Å². The van der Waals surface area contributed by atoms with Crippen molar-refractivity contribution in [2.75, 3.05) is 39.3 Å². The van der Waals surface area contributed by atoms with Crippen LogP contribution in [-0.2, 0) is 6.54 Å². The third-order valence-electron chi connectivity index (χ3n) is 3.15. The van der Waals surface area contributed by atoms with Gasteiger partial charge in [-0.1, -0.05) is 6.92 Å². The first kappa shape index (κ1) is 12.6. The van der Waals surface area contributed by atoms with Gasteiger partial charge in [0.05, 0.1) is 12.8 Å². The Labute approximate surface area is 103 Å². The largest absolute Gasteiger partial charge is 0.468 e. The van der Waals surface area contributed by atoms with Crippen molar-refractivity contribution in [2.45, 2.75) is 13.5 Å². The molecule has 1 aromatic rings. The summed E-state index contributed by atoms with van der Waals surface area (Å²) in [5, 5.41) is 6.82. The van der Waals surface area contributed by atoms with Crippen molar-refractivity contribution >= 4 is 0 Å². The Morgan fingerprint density at radius 3 is 3.00 bits per heavy atom. The summed E-state index contributed by atoms with van der Waals surface area (Å²) in [4.78, 5) is 2.54. The third-order valence-corrected chi connectivity index (χ3v) is 3.15. The average Bonchev–Trinajstić information content (AvgIpc) is 2.83. The zero-order valence-electron chi connectivity index (χ0n) is 10.6. The molecule has 0 amide bonds. The maximum atomic E-state index is 5.28. The summed E-state index contributed by atoms with van der Waals surface area (Å²) in [6.07, 6.45) is 1.72. The van der Waals surface area contributed by atoms with Crippen molar-refractivity contribution in [3.63, 3.8) is 0 Å². The van der Waals surface area contributed by atoms with E-state index in [2.05, 4.69) is 22.5 Å². The molecule has 2 heterocycles. The molecular weight excluding hydrogens is 214 g/mol. The number of furan rings is 1. The fourth-order valence-corrected chi connectivity index (χ4v) is 2.25. The summed E-state index contributed by atoms with van der Waals surface area (Å²) < 4.78 is 5.28. The van der Waals surface area contributed by atoms with Crippen molar-refractivity contribution in [2.24, 2.45) is 5.92 Å². The van der Waals surface area contributed by atoms with E-state index in [1.165, 1.54) is 19.6 Å². The van der Waals surface area contributed by atoms with Crippen LogP contribution in [0.5, 0.6) is 0 Å². The smallest absolute Gasteiger partial charge is 0.117 e. The number of piperazine rings is 1. The van der Waals surface area contributed by atoms with Crippen molar-refractivity contribution < 1.29 is 4.42 Å². The van der Waals surface area contributed by atoms with Crippen LogP contribution in [0.3, 0.4) is 0 Å². The monoisotopic (exact) mass is 237 g/mol. The molecule has 0 spiro atoms.